The molecule has 0 spiro atoms. The fraction of sp³-hybridized carbons (Fsp3) is 0.214. The molecule has 0 atom stereocenters. The van der Waals surface area contributed by atoms with E-state index in [-0.39, 0.29) is 5.57 Å². The monoisotopic (exact) mass is 306 g/mol. The number of nitrogens with one attached hydrogen (secondary N) is 1. The van der Waals surface area contributed by atoms with Crippen molar-refractivity contribution in [2.24, 2.45) is 0 Å². The van der Waals surface area contributed by atoms with E-state index in [2.05, 4.69) is 5.32 Å². The van der Waals surface area contributed by atoms with Gasteiger partial charge in [0.15, 0.2) is 0 Å². The van der Waals surface area contributed by atoms with Gasteiger partial charge in [-0.3, -0.25) is 9.59 Å². The number of carbonyl (C=O) groups is 2. The van der Waals surface area contributed by atoms with Crippen LogP contribution in [0.15, 0.2) is 36.0 Å². The summed E-state index contributed by atoms with van der Waals surface area (Å²) in [5.74, 6) is -0.877. The number of halogens is 1. The molecule has 0 radical (unpaired) electrons. The number of nitrogens with two attached hydrogens (primary N) is 1. The Morgan fingerprint density at radius 3 is 2.52 bits per heavy atom. The molecule has 0 saturated heterocycles. The van der Waals surface area contributed by atoms with Gasteiger partial charge in [-0.2, -0.15) is 5.26 Å². The summed E-state index contributed by atoms with van der Waals surface area (Å²) in [7, 11) is 0. The van der Waals surface area contributed by atoms with Crippen molar-refractivity contribution >= 4 is 34.8 Å². The van der Waals surface area contributed by atoms with Gasteiger partial charge in [0.05, 0.1) is 5.69 Å². The highest BCUT2D eigenvalue weighted by molar-refractivity contribution is 6.21. The number of hydrogen-bond acceptors (Lipinski definition) is 5. The van der Waals surface area contributed by atoms with Crippen molar-refractivity contribution in [1.29, 1.82) is 5.26 Å². The minimum atomic E-state index is -0.711. The molecule has 2 amide bonds. The average Bonchev–Trinajstić information content (AvgIpc) is 2.45. The van der Waals surface area contributed by atoms with Gasteiger partial charge in [-0.05, 0) is 24.3 Å². The molecule has 21 heavy (non-hydrogen) atoms. The van der Waals surface area contributed by atoms with Gasteiger partial charge in [0.25, 0.3) is 5.91 Å². The summed E-state index contributed by atoms with van der Waals surface area (Å²) in [6.07, 6.45) is 1.25. The highest BCUT2D eigenvalue weighted by Crippen LogP contribution is 2.18. The third-order valence-electron chi connectivity index (χ3n) is 2.51. The molecule has 7 heteroatoms. The quantitative estimate of drug-likeness (QED) is 0.281. The van der Waals surface area contributed by atoms with E-state index in [0.717, 1.165) is 4.90 Å². The number of benzene rings is 1. The third-order valence-corrected chi connectivity index (χ3v) is 2.69. The maximum atomic E-state index is 12.3. The second-order valence-corrected chi connectivity index (χ2v) is 4.44. The van der Waals surface area contributed by atoms with Crippen LogP contribution in [0.3, 0.4) is 0 Å². The summed E-state index contributed by atoms with van der Waals surface area (Å²) in [6, 6.07) is 7.98. The van der Waals surface area contributed by atoms with Crippen LogP contribution in [0.25, 0.3) is 0 Å². The van der Waals surface area contributed by atoms with Crippen molar-refractivity contribution in [3.8, 4) is 6.07 Å². The Balaban J connectivity index is 3.07. The number of nitrogens with zero attached hydrogens (tertiary/aromatic N) is 2. The van der Waals surface area contributed by atoms with E-state index < -0.39 is 11.8 Å². The van der Waals surface area contributed by atoms with E-state index in [4.69, 9.17) is 22.6 Å². The first kappa shape index (κ1) is 16.5. The summed E-state index contributed by atoms with van der Waals surface area (Å²) >= 11 is 5.50. The first-order valence-corrected chi connectivity index (χ1v) is 6.65. The molecule has 0 saturated carbocycles. The number of carbonyl (C=O) groups excluding carboxylic acids is 2. The molecule has 0 unspecified atom stereocenters. The summed E-state index contributed by atoms with van der Waals surface area (Å²) in [6.45, 7) is 1.65. The van der Waals surface area contributed by atoms with E-state index in [1.165, 1.54) is 25.3 Å². The van der Waals surface area contributed by atoms with Crippen molar-refractivity contribution in [2.45, 2.75) is 6.92 Å². The zero-order valence-corrected chi connectivity index (χ0v) is 12.2. The Morgan fingerprint density at radius 2 is 2.05 bits per heavy atom. The van der Waals surface area contributed by atoms with Crippen LogP contribution in [0.4, 0.5) is 11.4 Å². The Labute approximate surface area is 127 Å². The first-order valence-electron chi connectivity index (χ1n) is 6.11. The Morgan fingerprint density at radius 1 is 1.43 bits per heavy atom. The van der Waals surface area contributed by atoms with Gasteiger partial charge in [-0.1, -0.05) is 0 Å². The number of imide groups is 1. The molecular formula is C14H15ClN4O2. The number of amides is 2. The van der Waals surface area contributed by atoms with Gasteiger partial charge in [0, 0.05) is 31.2 Å². The van der Waals surface area contributed by atoms with Crippen molar-refractivity contribution in [1.82, 2.24) is 5.32 Å². The zero-order valence-electron chi connectivity index (χ0n) is 11.5. The number of anilines is 2. The van der Waals surface area contributed by atoms with E-state index >= 15 is 0 Å². The molecule has 1 aromatic carbocycles. The fourth-order valence-electron chi connectivity index (χ4n) is 1.56. The molecule has 0 aliphatic rings. The first-order chi connectivity index (χ1) is 10.0. The predicted molar refractivity (Wildman–Crippen MR) is 81.4 cm³/mol. The van der Waals surface area contributed by atoms with Gasteiger partial charge < -0.3 is 11.1 Å². The maximum absolute atomic E-state index is 12.3. The van der Waals surface area contributed by atoms with Gasteiger partial charge in [0.1, 0.15) is 11.6 Å². The van der Waals surface area contributed by atoms with Crippen molar-refractivity contribution in [2.75, 3.05) is 23.1 Å². The highest BCUT2D eigenvalue weighted by atomic mass is 35.5. The largest absolute Gasteiger partial charge is 0.399 e. The van der Waals surface area contributed by atoms with Crippen molar-refractivity contribution in [3.63, 3.8) is 0 Å². The second kappa shape index (κ2) is 7.92. The summed E-state index contributed by atoms with van der Waals surface area (Å²) < 4.78 is 0. The van der Waals surface area contributed by atoms with Crippen LogP contribution in [-0.2, 0) is 9.59 Å². The lowest BCUT2D eigenvalue weighted by Crippen LogP contribution is -2.36. The lowest BCUT2D eigenvalue weighted by molar-refractivity contribution is -0.123. The van der Waals surface area contributed by atoms with Crippen LogP contribution in [0.2, 0.25) is 0 Å². The normalized spacial score (nSPS) is 10.6. The van der Waals surface area contributed by atoms with E-state index in [0.29, 0.717) is 23.8 Å². The molecule has 0 aliphatic carbocycles. The number of hydrogen-bond donors (Lipinski definition) is 2. The lowest BCUT2D eigenvalue weighted by Gasteiger charge is -2.18. The fourth-order valence-corrected chi connectivity index (χ4v) is 1.67. The maximum Gasteiger partial charge on any atom is 0.277 e. The van der Waals surface area contributed by atoms with Crippen LogP contribution in [-0.4, -0.2) is 24.2 Å². The third kappa shape index (κ3) is 4.51. The van der Waals surface area contributed by atoms with E-state index in [1.807, 2.05) is 0 Å². The molecule has 3 N–H and O–H groups in total. The molecule has 0 aliphatic heterocycles. The molecule has 0 bridgehead atoms. The van der Waals surface area contributed by atoms with Gasteiger partial charge in [-0.25, -0.2) is 4.90 Å². The Kier molecular flexibility index (Phi) is 6.24. The smallest absolute Gasteiger partial charge is 0.277 e. The molecule has 0 heterocycles. The van der Waals surface area contributed by atoms with Crippen LogP contribution in [0.5, 0.6) is 0 Å². The number of rotatable bonds is 5. The zero-order chi connectivity index (χ0) is 15.8. The Hall–Kier alpha value is -2.52. The van der Waals surface area contributed by atoms with Crippen LogP contribution in [0, 0.1) is 11.3 Å². The standard InChI is InChI=1S/C14H15ClN4O2/c1-10(20)19(13-4-2-12(17)3-5-13)14(21)11(8-16)9-18-7-6-15/h2-5,9,18H,6-7,17H2,1H3/b11-9-. The van der Waals surface area contributed by atoms with Crippen LogP contribution in [0.1, 0.15) is 6.92 Å². The lowest BCUT2D eigenvalue weighted by atomic mass is 10.2. The summed E-state index contributed by atoms with van der Waals surface area (Å²) in [5, 5.41) is 11.8. The summed E-state index contributed by atoms with van der Waals surface area (Å²) in [4.78, 5) is 24.9. The van der Waals surface area contributed by atoms with Gasteiger partial charge in [-0.15, -0.1) is 11.6 Å². The molecule has 110 valence electrons. The van der Waals surface area contributed by atoms with Crippen LogP contribution >= 0.6 is 11.6 Å². The number of nitrogen functional groups attached to an aromatic ring is 1. The topological polar surface area (TPSA) is 99.2 Å². The second-order valence-electron chi connectivity index (χ2n) is 4.06. The minimum Gasteiger partial charge on any atom is -0.399 e. The predicted octanol–water partition coefficient (Wildman–Crippen LogP) is 1.38. The van der Waals surface area contributed by atoms with E-state index in [1.54, 1.807) is 18.2 Å². The van der Waals surface area contributed by atoms with Gasteiger partial charge in [0.2, 0.25) is 5.91 Å². The van der Waals surface area contributed by atoms with Crippen molar-refractivity contribution < 1.29 is 9.59 Å². The average molecular weight is 307 g/mol. The van der Waals surface area contributed by atoms with E-state index in [9.17, 15) is 9.59 Å². The number of alkyl halides is 1. The van der Waals surface area contributed by atoms with Gasteiger partial charge >= 0.3 is 0 Å². The molecule has 0 aromatic heterocycles. The van der Waals surface area contributed by atoms with Crippen LogP contribution < -0.4 is 16.0 Å². The summed E-state index contributed by atoms with van der Waals surface area (Å²) in [5.41, 5.74) is 6.24. The molecule has 0 fully saturated rings. The number of nitriles is 1. The van der Waals surface area contributed by atoms with Crippen molar-refractivity contribution in [3.05, 3.63) is 36.0 Å². The SMILES string of the molecule is CC(=O)N(C(=O)/C(C#N)=C\NCCCl)c1ccc(N)cc1. The molecule has 1 rings (SSSR count). The molecular weight excluding hydrogens is 292 g/mol. The minimum absolute atomic E-state index is 0.188. The molecule has 1 aromatic rings. The molecule has 6 nitrogen and oxygen atoms in total. The highest BCUT2D eigenvalue weighted by Gasteiger charge is 2.23. The Bertz CT molecular complexity index is 590.